The Bertz CT molecular complexity index is 1050. The minimum atomic E-state index is -0.127. The predicted molar refractivity (Wildman–Crippen MR) is 119 cm³/mol. The number of Topliss-reactive ketones (excluding diaryl/α,β-unsaturated/α-hetero) is 1. The topological polar surface area (TPSA) is 79.5 Å². The molecule has 0 saturated heterocycles. The summed E-state index contributed by atoms with van der Waals surface area (Å²) in [5.41, 5.74) is 2.39. The van der Waals surface area contributed by atoms with E-state index in [0.717, 1.165) is 24.2 Å². The van der Waals surface area contributed by atoms with Gasteiger partial charge in [0.15, 0.2) is 5.78 Å². The monoisotopic (exact) mass is 415 g/mol. The minimum Gasteiger partial charge on any atom is -0.507 e. The molecule has 0 bridgehead atoms. The molecule has 0 aromatic heterocycles. The number of unbranched alkanes of at least 4 members (excludes halogenated alkanes) is 1. The lowest BCUT2D eigenvalue weighted by molar-refractivity contribution is 0.0990. The van der Waals surface area contributed by atoms with Gasteiger partial charge in [0.25, 0.3) is 0 Å². The second-order valence-electron chi connectivity index (χ2n) is 7.21. The number of hydrogen-bond acceptors (Lipinski definition) is 5. The molecule has 1 N–H and O–H groups in total. The molecule has 0 aliphatic carbocycles. The number of carbonyl (C=O) groups excluding carboxylic acids is 1. The van der Waals surface area contributed by atoms with Gasteiger partial charge in [0, 0.05) is 12.0 Å². The molecule has 0 atom stereocenters. The van der Waals surface area contributed by atoms with E-state index in [4.69, 9.17) is 14.7 Å². The first-order valence-electron chi connectivity index (χ1n) is 10.2. The Balaban J connectivity index is 1.45. The molecule has 5 heteroatoms. The molecule has 0 fully saturated rings. The largest absolute Gasteiger partial charge is 0.507 e. The van der Waals surface area contributed by atoms with Gasteiger partial charge in [-0.05, 0) is 61.7 Å². The summed E-state index contributed by atoms with van der Waals surface area (Å²) in [6, 6.07) is 21.9. The van der Waals surface area contributed by atoms with Crippen molar-refractivity contribution in [2.45, 2.75) is 26.2 Å². The van der Waals surface area contributed by atoms with E-state index in [1.165, 1.54) is 0 Å². The fraction of sp³-hybridized carbons (Fsp3) is 0.231. The number of nitrogens with zero attached hydrogens (tertiary/aromatic N) is 1. The SMILES string of the molecule is Cc1c(OCCCCOc2ccc(C#N)cc2)ccc(C(=O)Cc2ccccc2)c1O. The maximum Gasteiger partial charge on any atom is 0.170 e. The van der Waals surface area contributed by atoms with Gasteiger partial charge in [-0.3, -0.25) is 4.79 Å². The van der Waals surface area contributed by atoms with Gasteiger partial charge in [0.2, 0.25) is 0 Å². The molecule has 0 saturated carbocycles. The highest BCUT2D eigenvalue weighted by Crippen LogP contribution is 2.31. The van der Waals surface area contributed by atoms with E-state index in [0.29, 0.717) is 35.7 Å². The molecule has 0 heterocycles. The highest BCUT2D eigenvalue weighted by molar-refractivity contribution is 6.00. The number of ketones is 1. The van der Waals surface area contributed by atoms with Crippen molar-refractivity contribution in [3.05, 3.63) is 89.0 Å². The Morgan fingerprint density at radius 2 is 1.61 bits per heavy atom. The molecule has 0 radical (unpaired) electrons. The van der Waals surface area contributed by atoms with Crippen LogP contribution in [0.1, 0.15) is 39.9 Å². The van der Waals surface area contributed by atoms with Crippen LogP contribution in [0, 0.1) is 18.3 Å². The molecular weight excluding hydrogens is 390 g/mol. The lowest BCUT2D eigenvalue weighted by atomic mass is 10.00. The van der Waals surface area contributed by atoms with Crippen molar-refractivity contribution in [3.8, 4) is 23.3 Å². The van der Waals surface area contributed by atoms with Gasteiger partial charge in [-0.2, -0.15) is 5.26 Å². The summed E-state index contributed by atoms with van der Waals surface area (Å²) in [6.07, 6.45) is 1.83. The number of hydrogen-bond donors (Lipinski definition) is 1. The number of nitriles is 1. The smallest absolute Gasteiger partial charge is 0.170 e. The lowest BCUT2D eigenvalue weighted by Crippen LogP contribution is -2.06. The molecule has 0 aliphatic rings. The molecule has 3 rings (SSSR count). The number of phenolic OH excluding ortho intramolecular Hbond substituents is 1. The van der Waals surface area contributed by atoms with Crippen molar-refractivity contribution >= 4 is 5.78 Å². The molecule has 0 spiro atoms. The summed E-state index contributed by atoms with van der Waals surface area (Å²) < 4.78 is 11.4. The zero-order valence-electron chi connectivity index (χ0n) is 17.5. The second-order valence-corrected chi connectivity index (χ2v) is 7.21. The average molecular weight is 415 g/mol. The Morgan fingerprint density at radius 3 is 2.29 bits per heavy atom. The third kappa shape index (κ3) is 6.10. The normalized spacial score (nSPS) is 10.3. The molecule has 3 aromatic carbocycles. The van der Waals surface area contributed by atoms with E-state index in [2.05, 4.69) is 6.07 Å². The molecule has 0 unspecified atom stereocenters. The molecule has 0 aliphatic heterocycles. The lowest BCUT2D eigenvalue weighted by Gasteiger charge is -2.13. The van der Waals surface area contributed by atoms with Gasteiger partial charge < -0.3 is 14.6 Å². The van der Waals surface area contributed by atoms with Crippen LogP contribution in [0.4, 0.5) is 0 Å². The van der Waals surface area contributed by atoms with E-state index in [9.17, 15) is 9.90 Å². The first-order valence-corrected chi connectivity index (χ1v) is 10.2. The number of ether oxygens (including phenoxy) is 2. The minimum absolute atomic E-state index is 0.0254. The summed E-state index contributed by atoms with van der Waals surface area (Å²) in [6.45, 7) is 2.78. The van der Waals surface area contributed by atoms with Crippen LogP contribution in [0.2, 0.25) is 0 Å². The highest BCUT2D eigenvalue weighted by Gasteiger charge is 2.16. The Labute approximate surface area is 182 Å². The standard InChI is InChI=1S/C26H25NO4/c1-19-25(31-16-6-5-15-30-22-11-9-21(18-27)10-12-22)14-13-23(26(19)29)24(28)17-20-7-3-2-4-8-20/h2-4,7-14,29H,5-6,15-17H2,1H3. The number of phenols is 1. The van der Waals surface area contributed by atoms with Gasteiger partial charge in [0.1, 0.15) is 17.2 Å². The highest BCUT2D eigenvalue weighted by atomic mass is 16.5. The molecule has 3 aromatic rings. The number of aromatic hydroxyl groups is 1. The Hall–Kier alpha value is -3.78. The molecular formula is C26H25NO4. The Kier molecular flexibility index (Phi) is 7.67. The third-order valence-corrected chi connectivity index (χ3v) is 4.94. The quantitative estimate of drug-likeness (QED) is 0.362. The maximum atomic E-state index is 12.6. The van der Waals surface area contributed by atoms with Crippen LogP contribution in [-0.2, 0) is 6.42 Å². The van der Waals surface area contributed by atoms with E-state index >= 15 is 0 Å². The summed E-state index contributed by atoms with van der Waals surface area (Å²) in [5.74, 6) is 1.15. The number of rotatable bonds is 10. The molecule has 5 nitrogen and oxygen atoms in total. The number of benzene rings is 3. The van der Waals surface area contributed by atoms with Gasteiger partial charge in [-0.25, -0.2) is 0 Å². The first kappa shape index (κ1) is 21.9. The van der Waals surface area contributed by atoms with Gasteiger partial charge in [-0.1, -0.05) is 30.3 Å². The molecule has 31 heavy (non-hydrogen) atoms. The van der Waals surface area contributed by atoms with Crippen molar-refractivity contribution in [2.75, 3.05) is 13.2 Å². The summed E-state index contributed by atoms with van der Waals surface area (Å²) in [5, 5.41) is 19.3. The number of carbonyl (C=O) groups is 1. The molecule has 0 amide bonds. The molecule has 158 valence electrons. The van der Waals surface area contributed by atoms with Crippen LogP contribution in [0.5, 0.6) is 17.2 Å². The predicted octanol–water partition coefficient (Wildman–Crippen LogP) is 5.24. The van der Waals surface area contributed by atoms with E-state index in [1.54, 1.807) is 43.3 Å². The van der Waals surface area contributed by atoms with Gasteiger partial charge >= 0.3 is 0 Å². The Morgan fingerprint density at radius 1 is 0.935 bits per heavy atom. The zero-order valence-corrected chi connectivity index (χ0v) is 17.5. The third-order valence-electron chi connectivity index (χ3n) is 4.94. The van der Waals surface area contributed by atoms with Crippen LogP contribution in [0.3, 0.4) is 0 Å². The van der Waals surface area contributed by atoms with Gasteiger partial charge in [0.05, 0.1) is 30.4 Å². The summed E-state index contributed by atoms with van der Waals surface area (Å²) >= 11 is 0. The summed E-state index contributed by atoms with van der Waals surface area (Å²) in [7, 11) is 0. The van der Waals surface area contributed by atoms with E-state index in [1.807, 2.05) is 30.3 Å². The van der Waals surface area contributed by atoms with Gasteiger partial charge in [-0.15, -0.1) is 0 Å². The first-order chi connectivity index (χ1) is 15.1. The van der Waals surface area contributed by atoms with Crippen molar-refractivity contribution in [1.29, 1.82) is 5.26 Å². The van der Waals surface area contributed by atoms with Crippen molar-refractivity contribution < 1.29 is 19.4 Å². The zero-order chi connectivity index (χ0) is 22.1. The van der Waals surface area contributed by atoms with Crippen molar-refractivity contribution in [1.82, 2.24) is 0 Å². The van der Waals surface area contributed by atoms with Crippen LogP contribution in [0.25, 0.3) is 0 Å². The summed E-state index contributed by atoms with van der Waals surface area (Å²) in [4.78, 5) is 12.6. The van der Waals surface area contributed by atoms with Crippen molar-refractivity contribution in [2.24, 2.45) is 0 Å². The van der Waals surface area contributed by atoms with E-state index in [-0.39, 0.29) is 18.0 Å². The van der Waals surface area contributed by atoms with E-state index < -0.39 is 0 Å². The maximum absolute atomic E-state index is 12.6. The fourth-order valence-electron chi connectivity index (χ4n) is 3.14. The fourth-order valence-corrected chi connectivity index (χ4v) is 3.14. The van der Waals surface area contributed by atoms with Crippen LogP contribution in [-0.4, -0.2) is 24.1 Å². The van der Waals surface area contributed by atoms with Crippen LogP contribution < -0.4 is 9.47 Å². The van der Waals surface area contributed by atoms with Crippen LogP contribution >= 0.6 is 0 Å². The second kappa shape index (κ2) is 10.8. The van der Waals surface area contributed by atoms with Crippen LogP contribution in [0.15, 0.2) is 66.7 Å². The average Bonchev–Trinajstić information content (AvgIpc) is 2.79. The van der Waals surface area contributed by atoms with Crippen molar-refractivity contribution in [3.63, 3.8) is 0 Å².